The summed E-state index contributed by atoms with van der Waals surface area (Å²) >= 11 is 3.37. The minimum atomic E-state index is -0.495. The van der Waals surface area contributed by atoms with Gasteiger partial charge < -0.3 is 14.1 Å². The van der Waals surface area contributed by atoms with E-state index in [0.717, 1.165) is 9.99 Å². The van der Waals surface area contributed by atoms with Crippen LogP contribution in [0, 0.1) is 0 Å². The molecule has 0 spiro atoms. The molecule has 1 fully saturated rings. The van der Waals surface area contributed by atoms with Crippen molar-refractivity contribution in [1.82, 2.24) is 14.4 Å². The molecule has 1 aliphatic rings. The van der Waals surface area contributed by atoms with Gasteiger partial charge in [0.15, 0.2) is 5.58 Å². The first-order chi connectivity index (χ1) is 11.7. The Morgan fingerprint density at radius 3 is 2.56 bits per heavy atom. The molecule has 0 aliphatic carbocycles. The lowest BCUT2D eigenvalue weighted by molar-refractivity contribution is 0.0117. The van der Waals surface area contributed by atoms with Crippen LogP contribution >= 0.6 is 15.9 Å². The van der Waals surface area contributed by atoms with Crippen LogP contribution in [0.15, 0.2) is 31.9 Å². The average molecular weight is 412 g/mol. The summed E-state index contributed by atoms with van der Waals surface area (Å²) in [5.74, 6) is -0.373. The van der Waals surface area contributed by atoms with Crippen molar-refractivity contribution in [2.24, 2.45) is 0 Å². The molecule has 0 saturated carbocycles. The summed E-state index contributed by atoms with van der Waals surface area (Å²) in [4.78, 5) is 28.1. The third-order valence-corrected chi connectivity index (χ3v) is 4.49. The molecule has 25 heavy (non-hydrogen) atoms. The number of rotatable bonds is 2. The van der Waals surface area contributed by atoms with Crippen molar-refractivity contribution in [2.75, 3.05) is 26.2 Å². The van der Waals surface area contributed by atoms with Crippen molar-refractivity contribution in [3.05, 3.63) is 33.2 Å². The van der Waals surface area contributed by atoms with Crippen molar-refractivity contribution in [3.63, 3.8) is 0 Å². The molecule has 1 aromatic carbocycles. The number of nitrogens with zero attached hydrogens (tertiary/aromatic N) is 3. The number of oxazole rings is 1. The SMILES string of the molecule is CC(C)(C)OC(=O)N1CCN(Cn2c(=O)oc3cc(Br)ccc32)CC1. The quantitative estimate of drug-likeness (QED) is 0.759. The average Bonchev–Trinajstić information content (AvgIpc) is 2.81. The summed E-state index contributed by atoms with van der Waals surface area (Å²) in [6, 6.07) is 5.53. The van der Waals surface area contributed by atoms with E-state index in [1.807, 2.05) is 32.9 Å². The van der Waals surface area contributed by atoms with Crippen LogP contribution < -0.4 is 5.76 Å². The van der Waals surface area contributed by atoms with Gasteiger partial charge in [-0.25, -0.2) is 9.59 Å². The number of benzene rings is 1. The first-order valence-electron chi connectivity index (χ1n) is 8.22. The monoisotopic (exact) mass is 411 g/mol. The third kappa shape index (κ3) is 4.24. The molecule has 2 aromatic rings. The summed E-state index contributed by atoms with van der Waals surface area (Å²) in [5, 5.41) is 0. The predicted molar refractivity (Wildman–Crippen MR) is 97.6 cm³/mol. The van der Waals surface area contributed by atoms with Gasteiger partial charge in [-0.2, -0.15) is 0 Å². The Morgan fingerprint density at radius 2 is 1.92 bits per heavy atom. The fourth-order valence-electron chi connectivity index (χ4n) is 2.77. The molecule has 1 aliphatic heterocycles. The van der Waals surface area contributed by atoms with Gasteiger partial charge in [-0.3, -0.25) is 9.47 Å². The summed E-state index contributed by atoms with van der Waals surface area (Å²) in [6.07, 6.45) is -0.289. The number of aromatic nitrogens is 1. The fourth-order valence-corrected chi connectivity index (χ4v) is 3.11. The van der Waals surface area contributed by atoms with Crippen LogP contribution in [0.5, 0.6) is 0 Å². The standard InChI is InChI=1S/C17H22BrN3O4/c1-17(2,3)25-15(22)20-8-6-19(7-9-20)11-21-13-5-4-12(18)10-14(13)24-16(21)23/h4-5,10H,6-9,11H2,1-3H3. The number of amides is 1. The molecule has 0 atom stereocenters. The van der Waals surface area contributed by atoms with E-state index in [1.165, 1.54) is 0 Å². The molecule has 1 aromatic heterocycles. The van der Waals surface area contributed by atoms with Crippen molar-refractivity contribution in [1.29, 1.82) is 0 Å². The molecular formula is C17H22BrN3O4. The van der Waals surface area contributed by atoms with Gasteiger partial charge in [0.25, 0.3) is 0 Å². The maximum Gasteiger partial charge on any atom is 0.421 e. The molecule has 1 amide bonds. The van der Waals surface area contributed by atoms with E-state index in [0.29, 0.717) is 38.4 Å². The molecule has 8 heteroatoms. The molecule has 0 N–H and O–H groups in total. The van der Waals surface area contributed by atoms with Gasteiger partial charge in [-0.1, -0.05) is 15.9 Å². The zero-order valence-electron chi connectivity index (χ0n) is 14.6. The van der Waals surface area contributed by atoms with Crippen LogP contribution in [0.25, 0.3) is 11.1 Å². The Balaban J connectivity index is 1.64. The second-order valence-corrected chi connectivity index (χ2v) is 8.05. The third-order valence-electron chi connectivity index (χ3n) is 4.00. The number of fused-ring (bicyclic) bond motifs is 1. The summed E-state index contributed by atoms with van der Waals surface area (Å²) in [5.41, 5.74) is 0.834. The summed E-state index contributed by atoms with van der Waals surface area (Å²) in [7, 11) is 0. The topological polar surface area (TPSA) is 67.9 Å². The molecule has 0 radical (unpaired) electrons. The largest absolute Gasteiger partial charge is 0.444 e. The predicted octanol–water partition coefficient (Wildman–Crippen LogP) is 2.87. The highest BCUT2D eigenvalue weighted by atomic mass is 79.9. The molecule has 136 valence electrons. The molecule has 1 saturated heterocycles. The van der Waals surface area contributed by atoms with E-state index < -0.39 is 5.60 Å². The van der Waals surface area contributed by atoms with Crippen molar-refractivity contribution < 1.29 is 13.9 Å². The van der Waals surface area contributed by atoms with Gasteiger partial charge >= 0.3 is 11.8 Å². The number of carbonyl (C=O) groups is 1. The van der Waals surface area contributed by atoms with E-state index in [2.05, 4.69) is 20.8 Å². The van der Waals surface area contributed by atoms with E-state index in [1.54, 1.807) is 15.5 Å². The number of hydrogen-bond donors (Lipinski definition) is 0. The van der Waals surface area contributed by atoms with Crippen LogP contribution in [0.2, 0.25) is 0 Å². The maximum atomic E-state index is 12.1. The van der Waals surface area contributed by atoms with Gasteiger partial charge in [0.05, 0.1) is 12.2 Å². The van der Waals surface area contributed by atoms with Gasteiger partial charge in [0.1, 0.15) is 5.60 Å². The Bertz CT molecular complexity index is 829. The van der Waals surface area contributed by atoms with E-state index in [9.17, 15) is 9.59 Å². The van der Waals surface area contributed by atoms with Gasteiger partial charge in [-0.05, 0) is 39.0 Å². The number of halogens is 1. The van der Waals surface area contributed by atoms with Crippen LogP contribution in [-0.4, -0.2) is 52.2 Å². The van der Waals surface area contributed by atoms with Gasteiger partial charge in [-0.15, -0.1) is 0 Å². The summed E-state index contributed by atoms with van der Waals surface area (Å²) in [6.45, 7) is 8.51. The minimum Gasteiger partial charge on any atom is -0.444 e. The van der Waals surface area contributed by atoms with Crippen LogP contribution in [-0.2, 0) is 11.4 Å². The first kappa shape index (κ1) is 18.0. The normalized spacial score (nSPS) is 16.4. The molecule has 0 bridgehead atoms. The zero-order valence-corrected chi connectivity index (χ0v) is 16.2. The Hall–Kier alpha value is -1.80. The second-order valence-electron chi connectivity index (χ2n) is 7.13. The van der Waals surface area contributed by atoms with Crippen molar-refractivity contribution in [3.8, 4) is 0 Å². The molecule has 3 rings (SSSR count). The number of carbonyl (C=O) groups excluding carboxylic acids is 1. The van der Waals surface area contributed by atoms with Crippen molar-refractivity contribution in [2.45, 2.75) is 33.0 Å². The Morgan fingerprint density at radius 1 is 1.24 bits per heavy atom. The fraction of sp³-hybridized carbons (Fsp3) is 0.529. The van der Waals surface area contributed by atoms with E-state index in [-0.39, 0.29) is 11.8 Å². The lowest BCUT2D eigenvalue weighted by Crippen LogP contribution is -2.50. The lowest BCUT2D eigenvalue weighted by atomic mass is 10.2. The molecule has 7 nitrogen and oxygen atoms in total. The zero-order chi connectivity index (χ0) is 18.2. The Kier molecular flexibility index (Phi) is 4.92. The van der Waals surface area contributed by atoms with Crippen LogP contribution in [0.1, 0.15) is 20.8 Å². The molecule has 0 unspecified atom stereocenters. The maximum absolute atomic E-state index is 12.1. The number of ether oxygens (including phenoxy) is 1. The van der Waals surface area contributed by atoms with E-state index >= 15 is 0 Å². The Labute approximate surface area is 154 Å². The number of piperazine rings is 1. The lowest BCUT2D eigenvalue weighted by Gasteiger charge is -2.35. The highest BCUT2D eigenvalue weighted by Crippen LogP contribution is 2.19. The van der Waals surface area contributed by atoms with Gasteiger partial charge in [0, 0.05) is 30.7 Å². The molecular weight excluding hydrogens is 390 g/mol. The summed E-state index contributed by atoms with van der Waals surface area (Å²) < 4.78 is 13.2. The van der Waals surface area contributed by atoms with Crippen LogP contribution in [0.4, 0.5) is 4.79 Å². The molecule has 2 heterocycles. The smallest absolute Gasteiger partial charge is 0.421 e. The highest BCUT2D eigenvalue weighted by molar-refractivity contribution is 9.10. The number of hydrogen-bond acceptors (Lipinski definition) is 5. The minimum absolute atomic E-state index is 0.289. The highest BCUT2D eigenvalue weighted by Gasteiger charge is 2.26. The van der Waals surface area contributed by atoms with E-state index in [4.69, 9.17) is 9.15 Å². The van der Waals surface area contributed by atoms with Crippen LogP contribution in [0.3, 0.4) is 0 Å². The van der Waals surface area contributed by atoms with Crippen molar-refractivity contribution >= 4 is 33.1 Å². The second kappa shape index (κ2) is 6.84. The first-order valence-corrected chi connectivity index (χ1v) is 9.01. The van der Waals surface area contributed by atoms with Gasteiger partial charge in [0.2, 0.25) is 0 Å².